The lowest BCUT2D eigenvalue weighted by molar-refractivity contribution is 0.0735. The molecular formula is C19H22N2O4S. The van der Waals surface area contributed by atoms with E-state index >= 15 is 0 Å². The fourth-order valence-corrected chi connectivity index (χ4v) is 4.25. The summed E-state index contributed by atoms with van der Waals surface area (Å²) in [6, 6.07) is 14.4. The molecule has 0 aliphatic carbocycles. The molecule has 0 bridgehead atoms. The second-order valence-electron chi connectivity index (χ2n) is 6.14. The maximum absolute atomic E-state index is 13.1. The van der Waals surface area contributed by atoms with Crippen molar-refractivity contribution in [1.82, 2.24) is 9.62 Å². The highest BCUT2D eigenvalue weighted by Crippen LogP contribution is 2.34. The summed E-state index contributed by atoms with van der Waals surface area (Å²) in [5.41, 5.74) is 1.43. The van der Waals surface area contributed by atoms with Crippen LogP contribution in [0, 0.1) is 0 Å². The zero-order valence-corrected chi connectivity index (χ0v) is 15.6. The van der Waals surface area contributed by atoms with E-state index in [0.717, 1.165) is 18.4 Å². The van der Waals surface area contributed by atoms with E-state index in [1.54, 1.807) is 6.07 Å². The van der Waals surface area contributed by atoms with Crippen LogP contribution in [0.25, 0.3) is 0 Å². The Morgan fingerprint density at radius 2 is 1.92 bits per heavy atom. The van der Waals surface area contributed by atoms with Crippen LogP contribution >= 0.6 is 0 Å². The average molecular weight is 374 g/mol. The molecule has 1 fully saturated rings. The van der Waals surface area contributed by atoms with Gasteiger partial charge in [0.25, 0.3) is 5.91 Å². The Hall–Kier alpha value is -2.38. The Morgan fingerprint density at radius 3 is 2.58 bits per heavy atom. The van der Waals surface area contributed by atoms with E-state index in [1.807, 2.05) is 35.2 Å². The van der Waals surface area contributed by atoms with Crippen LogP contribution in [0.3, 0.4) is 0 Å². The predicted molar refractivity (Wildman–Crippen MR) is 98.7 cm³/mol. The van der Waals surface area contributed by atoms with Crippen LogP contribution < -0.4 is 9.46 Å². The third-order valence-electron chi connectivity index (χ3n) is 4.67. The van der Waals surface area contributed by atoms with Gasteiger partial charge in [0.05, 0.1) is 13.2 Å². The van der Waals surface area contributed by atoms with Crippen LogP contribution in [0.15, 0.2) is 53.4 Å². The molecule has 1 atom stereocenters. The van der Waals surface area contributed by atoms with Crippen molar-refractivity contribution in [3.8, 4) is 5.75 Å². The first kappa shape index (κ1) is 18.4. The van der Waals surface area contributed by atoms with Crippen molar-refractivity contribution in [3.63, 3.8) is 0 Å². The zero-order valence-electron chi connectivity index (χ0n) is 14.8. The minimum Gasteiger partial charge on any atom is -0.495 e. The minimum absolute atomic E-state index is 0.00941. The van der Waals surface area contributed by atoms with E-state index in [2.05, 4.69) is 4.72 Å². The van der Waals surface area contributed by atoms with Gasteiger partial charge in [-0.1, -0.05) is 30.3 Å². The molecule has 1 amide bonds. The number of amides is 1. The van der Waals surface area contributed by atoms with Crippen LogP contribution in [0.1, 0.15) is 34.8 Å². The Balaban J connectivity index is 1.96. The zero-order chi connectivity index (χ0) is 18.7. The van der Waals surface area contributed by atoms with Crippen LogP contribution in [-0.4, -0.2) is 39.9 Å². The molecule has 1 saturated heterocycles. The smallest absolute Gasteiger partial charge is 0.254 e. The van der Waals surface area contributed by atoms with Gasteiger partial charge < -0.3 is 9.64 Å². The van der Waals surface area contributed by atoms with Gasteiger partial charge in [-0.15, -0.1) is 0 Å². The second kappa shape index (κ2) is 7.47. The number of hydrogen-bond donors (Lipinski definition) is 1. The Bertz CT molecular complexity index is 897. The van der Waals surface area contributed by atoms with Crippen LogP contribution in [-0.2, 0) is 10.0 Å². The van der Waals surface area contributed by atoms with E-state index in [-0.39, 0.29) is 22.6 Å². The number of benzene rings is 2. The van der Waals surface area contributed by atoms with Crippen molar-refractivity contribution in [2.75, 3.05) is 20.7 Å². The van der Waals surface area contributed by atoms with Crippen molar-refractivity contribution in [1.29, 1.82) is 0 Å². The number of ether oxygens (including phenoxy) is 1. The molecule has 1 aliphatic heterocycles. The lowest BCUT2D eigenvalue weighted by Gasteiger charge is -2.25. The topological polar surface area (TPSA) is 75.7 Å². The quantitative estimate of drug-likeness (QED) is 0.873. The molecule has 1 heterocycles. The summed E-state index contributed by atoms with van der Waals surface area (Å²) < 4.78 is 31.9. The highest BCUT2D eigenvalue weighted by atomic mass is 32.2. The summed E-state index contributed by atoms with van der Waals surface area (Å²) in [7, 11) is -1.00. The van der Waals surface area contributed by atoms with Crippen molar-refractivity contribution >= 4 is 15.9 Å². The van der Waals surface area contributed by atoms with E-state index in [9.17, 15) is 13.2 Å². The number of hydrogen-bond acceptors (Lipinski definition) is 4. The number of carbonyl (C=O) groups is 1. The van der Waals surface area contributed by atoms with Crippen LogP contribution in [0.4, 0.5) is 0 Å². The van der Waals surface area contributed by atoms with Gasteiger partial charge >= 0.3 is 0 Å². The molecule has 0 unspecified atom stereocenters. The highest BCUT2D eigenvalue weighted by molar-refractivity contribution is 7.89. The summed E-state index contributed by atoms with van der Waals surface area (Å²) in [5, 5.41) is 0. The summed E-state index contributed by atoms with van der Waals surface area (Å²) >= 11 is 0. The number of likely N-dealkylation sites (tertiary alicyclic amines) is 1. The minimum atomic E-state index is -3.73. The molecule has 2 aromatic rings. The van der Waals surface area contributed by atoms with Crippen LogP contribution in [0.5, 0.6) is 5.75 Å². The first-order valence-electron chi connectivity index (χ1n) is 8.45. The standard InChI is InChI=1S/C19H22N2O4S/c1-20-26(23,24)18-13-15(10-11-17(18)25-2)19(22)21-12-6-9-16(21)14-7-4-3-5-8-14/h3-5,7-8,10-11,13,16,20H,6,9,12H2,1-2H3/t16-/m1/s1. The molecule has 0 radical (unpaired) electrons. The Morgan fingerprint density at radius 1 is 1.19 bits per heavy atom. The molecule has 6 nitrogen and oxygen atoms in total. The molecule has 3 rings (SSSR count). The molecule has 26 heavy (non-hydrogen) atoms. The molecule has 2 aromatic carbocycles. The fourth-order valence-electron chi connectivity index (χ4n) is 3.33. The molecule has 0 aromatic heterocycles. The highest BCUT2D eigenvalue weighted by Gasteiger charge is 2.31. The van der Waals surface area contributed by atoms with Crippen LogP contribution in [0.2, 0.25) is 0 Å². The summed E-state index contributed by atoms with van der Waals surface area (Å²) in [6.45, 7) is 0.651. The Labute approximate surface area is 153 Å². The molecular weight excluding hydrogens is 352 g/mol. The molecule has 0 spiro atoms. The normalized spacial score (nSPS) is 17.3. The van der Waals surface area contributed by atoms with Crippen molar-refractivity contribution < 1.29 is 17.9 Å². The molecule has 1 aliphatic rings. The van der Waals surface area contributed by atoms with E-state index in [0.29, 0.717) is 12.1 Å². The lowest BCUT2D eigenvalue weighted by atomic mass is 10.0. The van der Waals surface area contributed by atoms with E-state index in [4.69, 9.17) is 4.74 Å². The van der Waals surface area contributed by atoms with Crippen molar-refractivity contribution in [2.24, 2.45) is 0 Å². The largest absolute Gasteiger partial charge is 0.495 e. The predicted octanol–water partition coefficient (Wildman–Crippen LogP) is 2.58. The fraction of sp³-hybridized carbons (Fsp3) is 0.316. The maximum atomic E-state index is 13.1. The van der Waals surface area contributed by atoms with Gasteiger partial charge in [-0.25, -0.2) is 13.1 Å². The van der Waals surface area contributed by atoms with Gasteiger partial charge in [-0.2, -0.15) is 0 Å². The molecule has 1 N–H and O–H groups in total. The summed E-state index contributed by atoms with van der Waals surface area (Å²) in [4.78, 5) is 14.8. The molecule has 7 heteroatoms. The number of carbonyl (C=O) groups excluding carboxylic acids is 1. The number of methoxy groups -OCH3 is 1. The average Bonchev–Trinajstić information content (AvgIpc) is 3.17. The summed E-state index contributed by atoms with van der Waals surface area (Å²) in [5.74, 6) is 0.0310. The summed E-state index contributed by atoms with van der Waals surface area (Å²) in [6.07, 6.45) is 1.82. The monoisotopic (exact) mass is 374 g/mol. The van der Waals surface area contributed by atoms with E-state index < -0.39 is 10.0 Å². The van der Waals surface area contributed by atoms with E-state index in [1.165, 1.54) is 26.3 Å². The molecule has 0 saturated carbocycles. The van der Waals surface area contributed by atoms with Gasteiger partial charge in [0, 0.05) is 12.1 Å². The second-order valence-corrected chi connectivity index (χ2v) is 8.00. The van der Waals surface area contributed by atoms with Gasteiger partial charge in [0.15, 0.2) is 0 Å². The Kier molecular flexibility index (Phi) is 5.29. The van der Waals surface area contributed by atoms with Gasteiger partial charge in [-0.3, -0.25) is 4.79 Å². The molecule has 138 valence electrons. The number of sulfonamides is 1. The number of rotatable bonds is 5. The number of nitrogens with one attached hydrogen (secondary N) is 1. The third kappa shape index (κ3) is 3.45. The van der Waals surface area contributed by atoms with Gasteiger partial charge in [-0.05, 0) is 43.7 Å². The lowest BCUT2D eigenvalue weighted by Crippen LogP contribution is -2.31. The SMILES string of the molecule is CNS(=O)(=O)c1cc(C(=O)N2CCC[C@@H]2c2ccccc2)ccc1OC. The first-order valence-corrected chi connectivity index (χ1v) is 9.93. The maximum Gasteiger partial charge on any atom is 0.254 e. The van der Waals surface area contributed by atoms with Gasteiger partial charge in [0.1, 0.15) is 10.6 Å². The van der Waals surface area contributed by atoms with Crippen molar-refractivity contribution in [3.05, 3.63) is 59.7 Å². The first-order chi connectivity index (χ1) is 12.5. The van der Waals surface area contributed by atoms with Gasteiger partial charge in [0.2, 0.25) is 10.0 Å². The van der Waals surface area contributed by atoms with Crippen molar-refractivity contribution in [2.45, 2.75) is 23.8 Å². The number of nitrogens with zero attached hydrogens (tertiary/aromatic N) is 1. The third-order valence-corrected chi connectivity index (χ3v) is 6.10.